The summed E-state index contributed by atoms with van der Waals surface area (Å²) >= 11 is 0. The lowest BCUT2D eigenvalue weighted by molar-refractivity contribution is -0.113. The van der Waals surface area contributed by atoms with E-state index in [9.17, 15) is 4.79 Å². The van der Waals surface area contributed by atoms with Gasteiger partial charge in [-0.05, 0) is 74.6 Å². The molecule has 0 atom stereocenters. The van der Waals surface area contributed by atoms with E-state index in [1.54, 1.807) is 0 Å². The third kappa shape index (κ3) is 3.41. The van der Waals surface area contributed by atoms with Crippen LogP contribution in [0.4, 0.5) is 11.4 Å². The second kappa shape index (κ2) is 6.82. The van der Waals surface area contributed by atoms with Crippen LogP contribution in [-0.4, -0.2) is 5.91 Å². The van der Waals surface area contributed by atoms with Gasteiger partial charge in [-0.25, -0.2) is 0 Å². The van der Waals surface area contributed by atoms with E-state index >= 15 is 0 Å². The fraction of sp³-hybridized carbons (Fsp3) is 0.421. The molecule has 22 heavy (non-hydrogen) atoms. The maximum absolute atomic E-state index is 12.4. The Labute approximate surface area is 132 Å². The SMILES string of the molecule is Nc1ccc(C2=CCCCC2)cc1NC(=O)C1=CCCCC1. The van der Waals surface area contributed by atoms with E-state index in [0.717, 1.165) is 43.4 Å². The van der Waals surface area contributed by atoms with Gasteiger partial charge in [0.25, 0.3) is 5.91 Å². The van der Waals surface area contributed by atoms with Crippen LogP contribution in [0.2, 0.25) is 0 Å². The van der Waals surface area contributed by atoms with Crippen molar-refractivity contribution in [2.45, 2.75) is 51.4 Å². The molecule has 1 amide bonds. The molecule has 0 unspecified atom stereocenters. The van der Waals surface area contributed by atoms with Crippen LogP contribution >= 0.6 is 0 Å². The zero-order chi connectivity index (χ0) is 15.4. The van der Waals surface area contributed by atoms with Crippen molar-refractivity contribution in [1.82, 2.24) is 0 Å². The number of anilines is 2. The van der Waals surface area contributed by atoms with E-state index in [1.807, 2.05) is 12.1 Å². The number of carbonyl (C=O) groups excluding carboxylic acids is 1. The van der Waals surface area contributed by atoms with Gasteiger partial charge in [-0.1, -0.05) is 18.2 Å². The highest BCUT2D eigenvalue weighted by atomic mass is 16.1. The minimum Gasteiger partial charge on any atom is -0.397 e. The Morgan fingerprint density at radius 2 is 1.77 bits per heavy atom. The summed E-state index contributed by atoms with van der Waals surface area (Å²) in [5, 5.41) is 3.00. The van der Waals surface area contributed by atoms with Crippen LogP contribution in [0.15, 0.2) is 35.9 Å². The van der Waals surface area contributed by atoms with Crippen molar-refractivity contribution in [3.8, 4) is 0 Å². The first-order valence-corrected chi connectivity index (χ1v) is 8.33. The molecule has 0 aromatic heterocycles. The lowest BCUT2D eigenvalue weighted by atomic mass is 9.93. The van der Waals surface area contributed by atoms with Gasteiger partial charge in [0.15, 0.2) is 0 Å². The Kier molecular flexibility index (Phi) is 4.62. The van der Waals surface area contributed by atoms with Gasteiger partial charge in [0.2, 0.25) is 0 Å². The lowest BCUT2D eigenvalue weighted by Gasteiger charge is -2.17. The Morgan fingerprint density at radius 1 is 1.00 bits per heavy atom. The molecule has 0 radical (unpaired) electrons. The van der Waals surface area contributed by atoms with Crippen molar-refractivity contribution < 1.29 is 4.79 Å². The van der Waals surface area contributed by atoms with Gasteiger partial charge in [0.05, 0.1) is 11.4 Å². The number of carbonyl (C=O) groups is 1. The smallest absolute Gasteiger partial charge is 0.251 e. The molecule has 3 N–H and O–H groups in total. The van der Waals surface area contributed by atoms with Gasteiger partial charge >= 0.3 is 0 Å². The van der Waals surface area contributed by atoms with Crippen molar-refractivity contribution >= 4 is 22.9 Å². The number of hydrogen-bond donors (Lipinski definition) is 2. The zero-order valence-electron chi connectivity index (χ0n) is 13.0. The minimum absolute atomic E-state index is 0.00109. The number of nitrogens with one attached hydrogen (secondary N) is 1. The molecule has 0 saturated carbocycles. The van der Waals surface area contributed by atoms with Crippen molar-refractivity contribution in [3.05, 3.63) is 41.5 Å². The lowest BCUT2D eigenvalue weighted by Crippen LogP contribution is -2.17. The first kappa shape index (κ1) is 14.9. The number of hydrogen-bond acceptors (Lipinski definition) is 2. The monoisotopic (exact) mass is 296 g/mol. The molecule has 3 rings (SSSR count). The summed E-state index contributed by atoms with van der Waals surface area (Å²) < 4.78 is 0. The molecule has 0 spiro atoms. The number of nitrogens with two attached hydrogens (primary N) is 1. The van der Waals surface area contributed by atoms with Crippen LogP contribution in [0, 0.1) is 0 Å². The van der Waals surface area contributed by atoms with E-state index in [0.29, 0.717) is 5.69 Å². The van der Waals surface area contributed by atoms with E-state index in [4.69, 9.17) is 5.73 Å². The predicted molar refractivity (Wildman–Crippen MR) is 92.5 cm³/mol. The quantitative estimate of drug-likeness (QED) is 0.797. The third-order valence-electron chi connectivity index (χ3n) is 4.55. The number of nitrogen functional groups attached to an aromatic ring is 1. The van der Waals surface area contributed by atoms with Crippen LogP contribution in [-0.2, 0) is 4.79 Å². The van der Waals surface area contributed by atoms with Crippen LogP contribution in [0.25, 0.3) is 5.57 Å². The molecule has 0 saturated heterocycles. The number of benzene rings is 1. The highest BCUT2D eigenvalue weighted by Gasteiger charge is 2.14. The average molecular weight is 296 g/mol. The van der Waals surface area contributed by atoms with Crippen molar-refractivity contribution in [2.75, 3.05) is 11.1 Å². The second-order valence-electron chi connectivity index (χ2n) is 6.21. The van der Waals surface area contributed by atoms with Gasteiger partial charge in [0.1, 0.15) is 0 Å². The Hall–Kier alpha value is -2.03. The summed E-state index contributed by atoms with van der Waals surface area (Å²) in [6.45, 7) is 0. The second-order valence-corrected chi connectivity index (χ2v) is 6.21. The summed E-state index contributed by atoms with van der Waals surface area (Å²) in [5.74, 6) is 0.00109. The minimum atomic E-state index is 0.00109. The maximum Gasteiger partial charge on any atom is 0.251 e. The third-order valence-corrected chi connectivity index (χ3v) is 4.55. The van der Waals surface area contributed by atoms with Crippen LogP contribution in [0.1, 0.15) is 56.9 Å². The largest absolute Gasteiger partial charge is 0.397 e. The number of allylic oxidation sites excluding steroid dienone is 3. The molecule has 3 nitrogen and oxygen atoms in total. The number of amides is 1. The van der Waals surface area contributed by atoms with E-state index < -0.39 is 0 Å². The normalized spacial score (nSPS) is 18.4. The van der Waals surface area contributed by atoms with Gasteiger partial charge in [-0.2, -0.15) is 0 Å². The Balaban J connectivity index is 1.79. The highest BCUT2D eigenvalue weighted by Crippen LogP contribution is 2.31. The Bertz CT molecular complexity index is 628. The molecule has 1 aromatic rings. The van der Waals surface area contributed by atoms with Crippen molar-refractivity contribution in [1.29, 1.82) is 0 Å². The highest BCUT2D eigenvalue weighted by molar-refractivity contribution is 6.05. The molecule has 3 heteroatoms. The van der Waals surface area contributed by atoms with Gasteiger partial charge < -0.3 is 11.1 Å². The van der Waals surface area contributed by atoms with E-state index in [1.165, 1.54) is 30.4 Å². The average Bonchev–Trinajstić information content (AvgIpc) is 2.58. The molecule has 0 aliphatic heterocycles. The fourth-order valence-electron chi connectivity index (χ4n) is 3.21. The number of rotatable bonds is 3. The first-order chi connectivity index (χ1) is 10.7. The van der Waals surface area contributed by atoms with Crippen LogP contribution in [0.5, 0.6) is 0 Å². The molecule has 116 valence electrons. The summed E-state index contributed by atoms with van der Waals surface area (Å²) in [6.07, 6.45) is 13.3. The summed E-state index contributed by atoms with van der Waals surface area (Å²) in [6, 6.07) is 5.98. The molecule has 0 fully saturated rings. The molecule has 1 aromatic carbocycles. The topological polar surface area (TPSA) is 55.1 Å². The molecule has 2 aliphatic rings. The van der Waals surface area contributed by atoms with Gasteiger partial charge in [0, 0.05) is 5.57 Å². The molecular weight excluding hydrogens is 272 g/mol. The predicted octanol–water partition coefficient (Wildman–Crippen LogP) is 4.67. The molecule has 0 heterocycles. The summed E-state index contributed by atoms with van der Waals surface area (Å²) in [7, 11) is 0. The summed E-state index contributed by atoms with van der Waals surface area (Å²) in [5.41, 5.74) is 10.9. The standard InChI is InChI=1S/C19H24N2O/c20-17-12-11-16(14-7-3-1-4-8-14)13-18(17)21-19(22)15-9-5-2-6-10-15/h7,9,11-13H,1-6,8,10,20H2,(H,21,22). The van der Waals surface area contributed by atoms with Crippen LogP contribution in [0.3, 0.4) is 0 Å². The molecular formula is C19H24N2O. The van der Waals surface area contributed by atoms with Crippen molar-refractivity contribution in [3.63, 3.8) is 0 Å². The van der Waals surface area contributed by atoms with Gasteiger partial charge in [-0.3, -0.25) is 4.79 Å². The van der Waals surface area contributed by atoms with Crippen molar-refractivity contribution in [2.24, 2.45) is 0 Å². The first-order valence-electron chi connectivity index (χ1n) is 8.33. The summed E-state index contributed by atoms with van der Waals surface area (Å²) in [4.78, 5) is 12.4. The van der Waals surface area contributed by atoms with E-state index in [-0.39, 0.29) is 5.91 Å². The van der Waals surface area contributed by atoms with E-state index in [2.05, 4.69) is 23.5 Å². The Morgan fingerprint density at radius 3 is 2.45 bits per heavy atom. The van der Waals surface area contributed by atoms with Crippen LogP contribution < -0.4 is 11.1 Å². The zero-order valence-corrected chi connectivity index (χ0v) is 13.0. The fourth-order valence-corrected chi connectivity index (χ4v) is 3.21. The molecule has 0 bridgehead atoms. The molecule has 2 aliphatic carbocycles. The maximum atomic E-state index is 12.4. The van der Waals surface area contributed by atoms with Gasteiger partial charge in [-0.15, -0.1) is 0 Å².